The first-order valence-electron chi connectivity index (χ1n) is 8.78. The Labute approximate surface area is 148 Å². The first-order chi connectivity index (χ1) is 11.5. The second-order valence-electron chi connectivity index (χ2n) is 7.37. The number of nitrogens with zero attached hydrogens (tertiary/aromatic N) is 4. The molecule has 0 aliphatic carbocycles. The Morgan fingerprint density at radius 1 is 1.38 bits per heavy atom. The summed E-state index contributed by atoms with van der Waals surface area (Å²) >= 11 is 1.73. The van der Waals surface area contributed by atoms with Gasteiger partial charge in [-0.3, -0.25) is 9.58 Å². The van der Waals surface area contributed by atoms with Crippen LogP contribution in [0.3, 0.4) is 0 Å². The number of aromatic nitrogens is 3. The number of rotatable bonds is 5. The quantitative estimate of drug-likeness (QED) is 0.832. The van der Waals surface area contributed by atoms with Crippen LogP contribution in [0.15, 0.2) is 17.6 Å². The average Bonchev–Trinajstić information content (AvgIpc) is 3.21. The van der Waals surface area contributed by atoms with Gasteiger partial charge in [-0.15, -0.1) is 11.3 Å². The summed E-state index contributed by atoms with van der Waals surface area (Å²) in [6, 6.07) is 2.12. The summed E-state index contributed by atoms with van der Waals surface area (Å²) < 4.78 is 8.07. The van der Waals surface area contributed by atoms with Crippen LogP contribution in [0.25, 0.3) is 0 Å². The van der Waals surface area contributed by atoms with Gasteiger partial charge < -0.3 is 4.74 Å². The van der Waals surface area contributed by atoms with Crippen LogP contribution in [-0.2, 0) is 23.1 Å². The lowest BCUT2D eigenvalue weighted by molar-refractivity contribution is -0.0298. The maximum Gasteiger partial charge on any atom is 0.123 e. The molecular formula is C18H28N4OS. The minimum absolute atomic E-state index is 0.0989. The Balaban J connectivity index is 1.59. The molecule has 2 aromatic heterocycles. The summed E-state index contributed by atoms with van der Waals surface area (Å²) in [5.74, 6) is 0. The summed E-state index contributed by atoms with van der Waals surface area (Å²) in [6.07, 6.45) is 3.03. The van der Waals surface area contributed by atoms with Crippen molar-refractivity contribution in [3.8, 4) is 0 Å². The molecule has 3 rings (SSSR count). The van der Waals surface area contributed by atoms with E-state index in [0.29, 0.717) is 0 Å². The predicted octanol–water partition coefficient (Wildman–Crippen LogP) is 3.27. The fourth-order valence-corrected chi connectivity index (χ4v) is 4.05. The van der Waals surface area contributed by atoms with Gasteiger partial charge in [0.1, 0.15) is 11.1 Å². The largest absolute Gasteiger partial charge is 0.368 e. The summed E-state index contributed by atoms with van der Waals surface area (Å²) in [7, 11) is 0. The van der Waals surface area contributed by atoms with Crippen LogP contribution < -0.4 is 0 Å². The van der Waals surface area contributed by atoms with Crippen LogP contribution in [-0.4, -0.2) is 45.9 Å². The molecule has 0 bridgehead atoms. The molecule has 0 radical (unpaired) electrons. The number of hydrogen-bond donors (Lipinski definition) is 0. The molecule has 0 aromatic carbocycles. The monoisotopic (exact) mass is 348 g/mol. The second-order valence-corrected chi connectivity index (χ2v) is 8.26. The van der Waals surface area contributed by atoms with Gasteiger partial charge in [0.25, 0.3) is 0 Å². The molecule has 24 heavy (non-hydrogen) atoms. The van der Waals surface area contributed by atoms with Gasteiger partial charge in [-0.25, -0.2) is 4.98 Å². The third kappa shape index (κ3) is 4.05. The highest BCUT2D eigenvalue weighted by Crippen LogP contribution is 2.30. The van der Waals surface area contributed by atoms with Gasteiger partial charge in [0.05, 0.1) is 12.3 Å². The zero-order valence-electron chi connectivity index (χ0n) is 15.2. The maximum atomic E-state index is 5.99. The van der Waals surface area contributed by atoms with Crippen LogP contribution in [0.2, 0.25) is 0 Å². The third-order valence-electron chi connectivity index (χ3n) is 4.50. The highest BCUT2D eigenvalue weighted by Gasteiger charge is 2.26. The predicted molar refractivity (Wildman–Crippen MR) is 97.6 cm³/mol. The molecule has 0 amide bonds. The molecule has 132 valence electrons. The van der Waals surface area contributed by atoms with Crippen LogP contribution in [0, 0.1) is 0 Å². The van der Waals surface area contributed by atoms with Crippen molar-refractivity contribution >= 4 is 11.3 Å². The number of morpholine rings is 1. The molecule has 1 aliphatic heterocycles. The van der Waals surface area contributed by atoms with Crippen molar-refractivity contribution in [2.75, 3.05) is 26.2 Å². The number of thiazole rings is 1. The van der Waals surface area contributed by atoms with Gasteiger partial charge in [0, 0.05) is 55.3 Å². The lowest BCUT2D eigenvalue weighted by Gasteiger charge is -2.32. The van der Waals surface area contributed by atoms with Crippen molar-refractivity contribution in [3.63, 3.8) is 0 Å². The molecular weight excluding hydrogens is 320 g/mol. The van der Waals surface area contributed by atoms with E-state index in [0.717, 1.165) is 49.9 Å². The van der Waals surface area contributed by atoms with Crippen molar-refractivity contribution < 1.29 is 4.74 Å². The topological polar surface area (TPSA) is 43.2 Å². The number of ether oxygens (including phenoxy) is 1. The van der Waals surface area contributed by atoms with Crippen LogP contribution in [0.5, 0.6) is 0 Å². The molecule has 1 aliphatic rings. The Hall–Kier alpha value is -1.24. The molecule has 2 aromatic rings. The Morgan fingerprint density at radius 3 is 2.92 bits per heavy atom. The highest BCUT2D eigenvalue weighted by molar-refractivity contribution is 7.09. The van der Waals surface area contributed by atoms with Gasteiger partial charge in [-0.1, -0.05) is 20.8 Å². The van der Waals surface area contributed by atoms with E-state index in [9.17, 15) is 0 Å². The lowest BCUT2D eigenvalue weighted by atomic mass is 9.93. The molecule has 0 N–H and O–H groups in total. The van der Waals surface area contributed by atoms with Crippen molar-refractivity contribution in [1.29, 1.82) is 0 Å². The number of aryl methyl sites for hydroxylation is 1. The smallest absolute Gasteiger partial charge is 0.123 e. The zero-order valence-corrected chi connectivity index (χ0v) is 16.0. The van der Waals surface area contributed by atoms with E-state index in [4.69, 9.17) is 9.72 Å². The van der Waals surface area contributed by atoms with Crippen molar-refractivity contribution in [1.82, 2.24) is 19.7 Å². The number of hydrogen-bond acceptors (Lipinski definition) is 5. The normalized spacial score (nSPS) is 19.8. The van der Waals surface area contributed by atoms with E-state index in [1.54, 1.807) is 11.3 Å². The lowest BCUT2D eigenvalue weighted by Crippen LogP contribution is -2.39. The van der Waals surface area contributed by atoms with E-state index in [-0.39, 0.29) is 11.5 Å². The first kappa shape index (κ1) is 17.6. The minimum Gasteiger partial charge on any atom is -0.368 e. The molecule has 1 atom stereocenters. The average molecular weight is 349 g/mol. The van der Waals surface area contributed by atoms with Gasteiger partial charge in [-0.2, -0.15) is 5.10 Å². The minimum atomic E-state index is 0.0989. The van der Waals surface area contributed by atoms with E-state index >= 15 is 0 Å². The summed E-state index contributed by atoms with van der Waals surface area (Å²) in [5.41, 5.74) is 2.57. The Morgan fingerprint density at radius 2 is 2.21 bits per heavy atom. The van der Waals surface area contributed by atoms with Gasteiger partial charge in [-0.05, 0) is 13.0 Å². The van der Waals surface area contributed by atoms with E-state index in [1.807, 2.05) is 6.20 Å². The molecule has 6 heteroatoms. The van der Waals surface area contributed by atoms with Crippen molar-refractivity contribution in [2.24, 2.45) is 0 Å². The van der Waals surface area contributed by atoms with Crippen LogP contribution in [0.1, 0.15) is 50.2 Å². The highest BCUT2D eigenvalue weighted by atomic mass is 32.1. The van der Waals surface area contributed by atoms with Gasteiger partial charge in [0.15, 0.2) is 0 Å². The van der Waals surface area contributed by atoms with Gasteiger partial charge >= 0.3 is 0 Å². The van der Waals surface area contributed by atoms with Crippen LogP contribution >= 0.6 is 11.3 Å². The fourth-order valence-electron chi connectivity index (χ4n) is 2.96. The van der Waals surface area contributed by atoms with Crippen molar-refractivity contribution in [2.45, 2.75) is 52.2 Å². The molecule has 0 saturated carbocycles. The van der Waals surface area contributed by atoms with Crippen LogP contribution in [0.4, 0.5) is 0 Å². The maximum absolute atomic E-state index is 5.99. The van der Waals surface area contributed by atoms with E-state index in [1.165, 1.54) is 5.69 Å². The molecule has 5 nitrogen and oxygen atoms in total. The first-order valence-corrected chi connectivity index (χ1v) is 9.66. The molecule has 0 spiro atoms. The van der Waals surface area contributed by atoms with E-state index < -0.39 is 0 Å². The molecule has 1 saturated heterocycles. The molecule has 3 heterocycles. The van der Waals surface area contributed by atoms with Crippen molar-refractivity contribution in [3.05, 3.63) is 34.0 Å². The SMILES string of the molecule is CCn1nccc1CCN1CCO[C@@H](c2nc(C(C)(C)C)cs2)C1. The van der Waals surface area contributed by atoms with Gasteiger partial charge in [0.2, 0.25) is 0 Å². The fraction of sp³-hybridized carbons (Fsp3) is 0.667. The Bertz CT molecular complexity index is 658. The molecule has 0 unspecified atom stereocenters. The zero-order chi connectivity index (χ0) is 17.2. The summed E-state index contributed by atoms with van der Waals surface area (Å²) in [6.45, 7) is 13.4. The standard InChI is InChI=1S/C18H28N4OS/c1-5-22-14(6-8-19-22)7-9-21-10-11-23-15(12-21)17-20-16(13-24-17)18(2,3)4/h6,8,13,15H,5,7,9-12H2,1-4H3/t15-/m1/s1. The Kier molecular flexibility index (Phi) is 5.37. The summed E-state index contributed by atoms with van der Waals surface area (Å²) in [4.78, 5) is 7.32. The third-order valence-corrected chi connectivity index (χ3v) is 5.44. The second kappa shape index (κ2) is 7.33. The summed E-state index contributed by atoms with van der Waals surface area (Å²) in [5, 5.41) is 7.64. The molecule has 1 fully saturated rings. The van der Waals surface area contributed by atoms with E-state index in [2.05, 4.69) is 53.8 Å².